The number of rotatable bonds is 4. The van der Waals surface area contributed by atoms with Gasteiger partial charge in [0.1, 0.15) is 5.92 Å². The summed E-state index contributed by atoms with van der Waals surface area (Å²) in [7, 11) is 0. The smallest absolute Gasteiger partial charge is 0.341 e. The molecule has 1 aliphatic heterocycles. The summed E-state index contributed by atoms with van der Waals surface area (Å²) in [4.78, 5) is 28.1. The van der Waals surface area contributed by atoms with Gasteiger partial charge >= 0.3 is 12.0 Å². The molecule has 23 heavy (non-hydrogen) atoms. The Morgan fingerprint density at radius 2 is 1.78 bits per heavy atom. The van der Waals surface area contributed by atoms with Crippen molar-refractivity contribution in [3.63, 3.8) is 0 Å². The molecule has 5 heteroatoms. The number of hydrogen-bond acceptors (Lipinski definition) is 3. The number of carbonyl (C=O) groups is 2. The molecule has 5 nitrogen and oxygen atoms in total. The van der Waals surface area contributed by atoms with Crippen LogP contribution >= 0.6 is 0 Å². The summed E-state index contributed by atoms with van der Waals surface area (Å²) >= 11 is 0. The van der Waals surface area contributed by atoms with Crippen LogP contribution in [0.4, 0.5) is 4.79 Å². The molecule has 124 valence electrons. The van der Waals surface area contributed by atoms with Crippen LogP contribution in [0.5, 0.6) is 0 Å². The fourth-order valence-electron chi connectivity index (χ4n) is 2.70. The lowest BCUT2D eigenvalue weighted by Gasteiger charge is -2.30. The molecule has 1 heterocycles. The fraction of sp³-hybridized carbons (Fsp3) is 0.500. The Hall–Kier alpha value is -2.17. The zero-order valence-electron chi connectivity index (χ0n) is 14.3. The van der Waals surface area contributed by atoms with E-state index in [4.69, 9.17) is 4.74 Å². The minimum atomic E-state index is -0.597. The van der Waals surface area contributed by atoms with Crippen LogP contribution in [0.3, 0.4) is 0 Å². The lowest BCUT2D eigenvalue weighted by Crippen LogP contribution is -2.44. The molecule has 0 aliphatic carbocycles. The highest BCUT2D eigenvalue weighted by molar-refractivity contribution is 6.08. The number of benzene rings is 1. The summed E-state index contributed by atoms with van der Waals surface area (Å²) in [5.41, 5.74) is 2.57. The highest BCUT2D eigenvalue weighted by Gasteiger charge is 2.38. The maximum Gasteiger partial charge on any atom is 0.341 e. The second kappa shape index (κ2) is 6.94. The van der Waals surface area contributed by atoms with E-state index in [1.807, 2.05) is 24.3 Å². The van der Waals surface area contributed by atoms with Crippen LogP contribution in [-0.2, 0) is 9.53 Å². The first kappa shape index (κ1) is 17.2. The molecule has 2 atom stereocenters. The minimum absolute atomic E-state index is 0.211. The number of hydrogen-bond donors (Lipinski definition) is 1. The van der Waals surface area contributed by atoms with E-state index in [0.29, 0.717) is 11.6 Å². The van der Waals surface area contributed by atoms with E-state index in [1.165, 1.54) is 5.56 Å². The van der Waals surface area contributed by atoms with Gasteiger partial charge in [0.05, 0.1) is 12.1 Å². The highest BCUT2D eigenvalue weighted by atomic mass is 16.5. The summed E-state index contributed by atoms with van der Waals surface area (Å²) in [5, 5.41) is 2.79. The number of amides is 2. The Labute approximate surface area is 137 Å². The van der Waals surface area contributed by atoms with Gasteiger partial charge in [-0.05, 0) is 37.8 Å². The average Bonchev–Trinajstić information content (AvgIpc) is 2.45. The lowest BCUT2D eigenvalue weighted by atomic mass is 9.87. The van der Waals surface area contributed by atoms with Crippen LogP contribution in [0.2, 0.25) is 0 Å². The minimum Gasteiger partial charge on any atom is -0.462 e. The Morgan fingerprint density at radius 1 is 1.17 bits per heavy atom. The molecule has 0 spiro atoms. The SMILES string of the molecule is CC1=NC(=O)NC(c2ccc(C(C)C)cc2)C1C(=O)OC(C)C. The van der Waals surface area contributed by atoms with Crippen molar-refractivity contribution in [1.82, 2.24) is 5.32 Å². The molecule has 0 saturated heterocycles. The van der Waals surface area contributed by atoms with Crippen molar-refractivity contribution in [2.24, 2.45) is 10.9 Å². The molecule has 1 N–H and O–H groups in total. The molecule has 2 amide bonds. The van der Waals surface area contributed by atoms with Crippen LogP contribution in [0.15, 0.2) is 29.3 Å². The van der Waals surface area contributed by atoms with E-state index < -0.39 is 18.0 Å². The van der Waals surface area contributed by atoms with Crippen molar-refractivity contribution >= 4 is 17.7 Å². The molecule has 1 aliphatic rings. The van der Waals surface area contributed by atoms with E-state index in [2.05, 4.69) is 24.2 Å². The van der Waals surface area contributed by atoms with E-state index in [9.17, 15) is 9.59 Å². The highest BCUT2D eigenvalue weighted by Crippen LogP contribution is 2.29. The summed E-state index contributed by atoms with van der Waals surface area (Å²) in [6.07, 6.45) is -0.211. The van der Waals surface area contributed by atoms with Crippen molar-refractivity contribution in [1.29, 1.82) is 0 Å². The molecule has 0 bridgehead atoms. The van der Waals surface area contributed by atoms with Gasteiger partial charge in [-0.1, -0.05) is 38.1 Å². The van der Waals surface area contributed by atoms with Crippen LogP contribution in [0.1, 0.15) is 57.7 Å². The number of esters is 1. The van der Waals surface area contributed by atoms with E-state index in [0.717, 1.165) is 5.56 Å². The molecular weight excluding hydrogens is 292 g/mol. The summed E-state index contributed by atoms with van der Waals surface area (Å²) in [6.45, 7) is 9.55. The van der Waals surface area contributed by atoms with Gasteiger partial charge in [-0.25, -0.2) is 9.79 Å². The molecule has 2 unspecified atom stereocenters. The third-order valence-corrected chi connectivity index (χ3v) is 3.91. The molecule has 0 radical (unpaired) electrons. The van der Waals surface area contributed by atoms with Crippen molar-refractivity contribution in [2.45, 2.75) is 52.7 Å². The predicted molar refractivity (Wildman–Crippen MR) is 89.6 cm³/mol. The van der Waals surface area contributed by atoms with Gasteiger partial charge in [-0.2, -0.15) is 0 Å². The average molecular weight is 316 g/mol. The summed E-state index contributed by atoms with van der Waals surface area (Å²) < 4.78 is 5.34. The molecular formula is C18H24N2O3. The van der Waals surface area contributed by atoms with Crippen LogP contribution in [-0.4, -0.2) is 23.8 Å². The number of nitrogens with one attached hydrogen (secondary N) is 1. The van der Waals surface area contributed by atoms with Crippen LogP contribution in [0, 0.1) is 5.92 Å². The number of nitrogens with zero attached hydrogens (tertiary/aromatic N) is 1. The van der Waals surface area contributed by atoms with Gasteiger partial charge < -0.3 is 10.1 Å². The standard InChI is InChI=1S/C18H24N2O3/c1-10(2)13-6-8-14(9-7-13)16-15(17(21)23-11(3)4)12(5)19-18(22)20-16/h6-11,15-16H,1-5H3,(H,20,22). The van der Waals surface area contributed by atoms with Crippen molar-refractivity contribution in [2.75, 3.05) is 0 Å². The first-order chi connectivity index (χ1) is 10.8. The zero-order chi connectivity index (χ0) is 17.1. The van der Waals surface area contributed by atoms with E-state index in [1.54, 1.807) is 20.8 Å². The monoisotopic (exact) mass is 316 g/mol. The van der Waals surface area contributed by atoms with Crippen LogP contribution < -0.4 is 5.32 Å². The van der Waals surface area contributed by atoms with Crippen molar-refractivity contribution < 1.29 is 14.3 Å². The topological polar surface area (TPSA) is 67.8 Å². The zero-order valence-corrected chi connectivity index (χ0v) is 14.3. The Balaban J connectivity index is 2.34. The third kappa shape index (κ3) is 3.97. The fourth-order valence-corrected chi connectivity index (χ4v) is 2.70. The first-order valence-electron chi connectivity index (χ1n) is 7.95. The number of aliphatic imine (C=N–C) groups is 1. The van der Waals surface area contributed by atoms with Crippen molar-refractivity contribution in [3.8, 4) is 0 Å². The van der Waals surface area contributed by atoms with Gasteiger partial charge in [0.25, 0.3) is 0 Å². The van der Waals surface area contributed by atoms with Gasteiger partial charge in [0, 0.05) is 5.71 Å². The molecule has 1 aromatic carbocycles. The molecule has 0 saturated carbocycles. The van der Waals surface area contributed by atoms with E-state index in [-0.39, 0.29) is 12.1 Å². The summed E-state index contributed by atoms with van der Waals surface area (Å²) in [6, 6.07) is 7.08. The van der Waals surface area contributed by atoms with Gasteiger partial charge in [0.2, 0.25) is 0 Å². The molecule has 1 aromatic rings. The van der Waals surface area contributed by atoms with E-state index >= 15 is 0 Å². The lowest BCUT2D eigenvalue weighted by molar-refractivity contribution is -0.150. The second-order valence-electron chi connectivity index (χ2n) is 6.47. The third-order valence-electron chi connectivity index (χ3n) is 3.91. The number of ether oxygens (including phenoxy) is 1. The molecule has 2 rings (SSSR count). The Morgan fingerprint density at radius 3 is 2.30 bits per heavy atom. The number of carbonyl (C=O) groups excluding carboxylic acids is 2. The van der Waals surface area contributed by atoms with Crippen molar-refractivity contribution in [3.05, 3.63) is 35.4 Å². The van der Waals surface area contributed by atoms with Crippen LogP contribution in [0.25, 0.3) is 0 Å². The Kier molecular flexibility index (Phi) is 5.19. The largest absolute Gasteiger partial charge is 0.462 e. The molecule has 0 aromatic heterocycles. The second-order valence-corrected chi connectivity index (χ2v) is 6.47. The van der Waals surface area contributed by atoms with Gasteiger partial charge in [0.15, 0.2) is 0 Å². The summed E-state index contributed by atoms with van der Waals surface area (Å²) in [5.74, 6) is -0.533. The maximum absolute atomic E-state index is 12.4. The normalized spacial score (nSPS) is 21.2. The number of urea groups is 1. The van der Waals surface area contributed by atoms with Gasteiger partial charge in [-0.15, -0.1) is 0 Å². The predicted octanol–water partition coefficient (Wildman–Crippen LogP) is 3.60. The molecule has 0 fully saturated rings. The Bertz CT molecular complexity index is 618. The quantitative estimate of drug-likeness (QED) is 0.863. The van der Waals surface area contributed by atoms with Gasteiger partial charge in [-0.3, -0.25) is 4.79 Å². The first-order valence-corrected chi connectivity index (χ1v) is 7.95. The maximum atomic E-state index is 12.4.